The zero-order valence-electron chi connectivity index (χ0n) is 11.5. The van der Waals surface area contributed by atoms with Crippen molar-refractivity contribution in [1.82, 2.24) is 9.78 Å². The van der Waals surface area contributed by atoms with Crippen LogP contribution in [0.3, 0.4) is 0 Å². The molecule has 3 rings (SSSR count). The summed E-state index contributed by atoms with van der Waals surface area (Å²) in [5.74, 6) is -0.293. The van der Waals surface area contributed by atoms with Crippen molar-refractivity contribution < 1.29 is 9.21 Å². The highest BCUT2D eigenvalue weighted by atomic mass is 16.3. The monoisotopic (exact) mass is 284 g/mol. The van der Waals surface area contributed by atoms with E-state index in [9.17, 15) is 4.79 Å². The molecule has 108 valence electrons. The Morgan fingerprint density at radius 1 is 1.38 bits per heavy atom. The van der Waals surface area contributed by atoms with E-state index in [0.717, 1.165) is 22.0 Å². The minimum Gasteiger partial charge on any atom is -0.472 e. The van der Waals surface area contributed by atoms with Crippen LogP contribution >= 0.6 is 0 Å². The molecule has 0 radical (unpaired) electrons. The predicted molar refractivity (Wildman–Crippen MR) is 80.3 cm³/mol. The molecular weight excluding hydrogens is 268 g/mol. The number of primary amides is 1. The van der Waals surface area contributed by atoms with Crippen LogP contribution in [-0.2, 0) is 11.3 Å². The molecule has 1 aromatic carbocycles. The van der Waals surface area contributed by atoms with Gasteiger partial charge in [-0.3, -0.25) is 9.48 Å². The second-order valence-corrected chi connectivity index (χ2v) is 4.97. The van der Waals surface area contributed by atoms with Gasteiger partial charge >= 0.3 is 0 Å². The number of fused-ring (bicyclic) bond motifs is 1. The summed E-state index contributed by atoms with van der Waals surface area (Å²) >= 11 is 0. The molecule has 2 aromatic heterocycles. The van der Waals surface area contributed by atoms with E-state index in [1.54, 1.807) is 12.5 Å². The normalized spacial score (nSPS) is 11.0. The van der Waals surface area contributed by atoms with Crippen molar-refractivity contribution in [2.75, 3.05) is 5.73 Å². The fraction of sp³-hybridized carbons (Fsp3) is 0.200. The van der Waals surface area contributed by atoms with Gasteiger partial charge in [-0.1, -0.05) is 0 Å². The van der Waals surface area contributed by atoms with E-state index >= 15 is 0 Å². The Morgan fingerprint density at radius 2 is 2.24 bits per heavy atom. The number of amides is 1. The van der Waals surface area contributed by atoms with Crippen molar-refractivity contribution in [3.63, 3.8) is 0 Å². The SMILES string of the molecule is NC(=O)CCCn1cc2cc(N)c(-c3ccoc3)cc2n1. The maximum Gasteiger partial charge on any atom is 0.217 e. The first-order chi connectivity index (χ1) is 10.1. The van der Waals surface area contributed by atoms with E-state index in [0.29, 0.717) is 25.1 Å². The number of nitrogen functional groups attached to an aromatic ring is 1. The van der Waals surface area contributed by atoms with Crippen molar-refractivity contribution in [2.45, 2.75) is 19.4 Å². The number of anilines is 1. The average molecular weight is 284 g/mol. The molecule has 2 heterocycles. The van der Waals surface area contributed by atoms with Gasteiger partial charge in [0.15, 0.2) is 0 Å². The van der Waals surface area contributed by atoms with Gasteiger partial charge in [-0.2, -0.15) is 5.10 Å². The third kappa shape index (κ3) is 2.74. The second kappa shape index (κ2) is 5.32. The Bertz CT molecular complexity index is 774. The fourth-order valence-electron chi connectivity index (χ4n) is 2.34. The number of nitrogens with two attached hydrogens (primary N) is 2. The molecule has 0 unspecified atom stereocenters. The lowest BCUT2D eigenvalue weighted by Gasteiger charge is -2.02. The van der Waals surface area contributed by atoms with Crippen molar-refractivity contribution in [1.29, 1.82) is 0 Å². The number of rotatable bonds is 5. The summed E-state index contributed by atoms with van der Waals surface area (Å²) in [5.41, 5.74) is 14.6. The molecule has 0 bridgehead atoms. The number of benzene rings is 1. The molecule has 0 saturated heterocycles. The van der Waals surface area contributed by atoms with E-state index in [2.05, 4.69) is 5.10 Å². The molecule has 0 fully saturated rings. The standard InChI is InChI=1S/C15H16N4O2/c16-13-6-11-8-19(4-1-2-15(17)20)18-14(11)7-12(13)10-3-5-21-9-10/h3,5-9H,1-2,4,16H2,(H2,17,20). The Labute approximate surface area is 121 Å². The molecule has 0 aliphatic carbocycles. The Morgan fingerprint density at radius 3 is 2.95 bits per heavy atom. The van der Waals surface area contributed by atoms with Crippen LogP contribution < -0.4 is 11.5 Å². The van der Waals surface area contributed by atoms with Crippen LogP contribution in [0.5, 0.6) is 0 Å². The van der Waals surface area contributed by atoms with E-state index in [1.165, 1.54) is 0 Å². The number of hydrogen-bond donors (Lipinski definition) is 2. The first-order valence-electron chi connectivity index (χ1n) is 6.71. The molecule has 6 nitrogen and oxygen atoms in total. The summed E-state index contributed by atoms with van der Waals surface area (Å²) < 4.78 is 6.90. The molecule has 0 aliphatic heterocycles. The largest absolute Gasteiger partial charge is 0.472 e. The second-order valence-electron chi connectivity index (χ2n) is 4.97. The van der Waals surface area contributed by atoms with Crippen molar-refractivity contribution >= 4 is 22.5 Å². The average Bonchev–Trinajstić information content (AvgIpc) is 3.05. The molecule has 4 N–H and O–H groups in total. The number of aromatic nitrogens is 2. The summed E-state index contributed by atoms with van der Waals surface area (Å²) in [6.07, 6.45) is 6.22. The molecule has 0 spiro atoms. The van der Waals surface area contributed by atoms with Crippen LogP contribution in [0.1, 0.15) is 12.8 Å². The van der Waals surface area contributed by atoms with Gasteiger partial charge in [0.1, 0.15) is 0 Å². The highest BCUT2D eigenvalue weighted by molar-refractivity contribution is 5.91. The molecule has 0 saturated carbocycles. The third-order valence-electron chi connectivity index (χ3n) is 3.37. The fourth-order valence-corrected chi connectivity index (χ4v) is 2.34. The minimum atomic E-state index is -0.293. The molecule has 0 atom stereocenters. The van der Waals surface area contributed by atoms with E-state index in [4.69, 9.17) is 15.9 Å². The zero-order chi connectivity index (χ0) is 14.8. The topological polar surface area (TPSA) is 100 Å². The predicted octanol–water partition coefficient (Wildman–Crippen LogP) is 2.14. The van der Waals surface area contributed by atoms with Gasteiger partial charge in [0.05, 0.1) is 18.0 Å². The van der Waals surface area contributed by atoms with Crippen LogP contribution in [0.25, 0.3) is 22.0 Å². The van der Waals surface area contributed by atoms with Crippen LogP contribution in [0, 0.1) is 0 Å². The summed E-state index contributed by atoms with van der Waals surface area (Å²) in [4.78, 5) is 10.7. The highest BCUT2D eigenvalue weighted by Crippen LogP contribution is 2.30. The van der Waals surface area contributed by atoms with Gasteiger partial charge in [-0.25, -0.2) is 0 Å². The van der Waals surface area contributed by atoms with Crippen molar-refractivity contribution in [3.05, 3.63) is 36.9 Å². The lowest BCUT2D eigenvalue weighted by molar-refractivity contribution is -0.118. The van der Waals surface area contributed by atoms with Crippen molar-refractivity contribution in [3.8, 4) is 11.1 Å². The van der Waals surface area contributed by atoms with Gasteiger partial charge in [0.25, 0.3) is 0 Å². The van der Waals surface area contributed by atoms with Crippen molar-refractivity contribution in [2.24, 2.45) is 5.73 Å². The van der Waals surface area contributed by atoms with Gasteiger partial charge in [-0.05, 0) is 24.6 Å². The first kappa shape index (κ1) is 13.2. The quantitative estimate of drug-likeness (QED) is 0.701. The number of furan rings is 1. The molecule has 0 aliphatic rings. The van der Waals surface area contributed by atoms with E-state index in [1.807, 2.05) is 29.1 Å². The molecular formula is C15H16N4O2. The van der Waals surface area contributed by atoms with Gasteiger partial charge < -0.3 is 15.9 Å². The zero-order valence-corrected chi connectivity index (χ0v) is 11.5. The Kier molecular flexibility index (Phi) is 3.35. The van der Waals surface area contributed by atoms with Gasteiger partial charge in [0.2, 0.25) is 5.91 Å². The van der Waals surface area contributed by atoms with Crippen LogP contribution in [-0.4, -0.2) is 15.7 Å². The number of carbonyl (C=O) groups is 1. The van der Waals surface area contributed by atoms with Gasteiger partial charge in [0, 0.05) is 41.4 Å². The third-order valence-corrected chi connectivity index (χ3v) is 3.37. The number of aryl methyl sites for hydroxylation is 1. The number of hydrogen-bond acceptors (Lipinski definition) is 4. The summed E-state index contributed by atoms with van der Waals surface area (Å²) in [7, 11) is 0. The van der Waals surface area contributed by atoms with E-state index < -0.39 is 0 Å². The maximum absolute atomic E-state index is 10.7. The summed E-state index contributed by atoms with van der Waals surface area (Å²) in [6.45, 7) is 0.651. The number of nitrogens with zero attached hydrogens (tertiary/aromatic N) is 2. The van der Waals surface area contributed by atoms with Crippen LogP contribution in [0.4, 0.5) is 5.69 Å². The molecule has 6 heteroatoms. The molecule has 3 aromatic rings. The molecule has 21 heavy (non-hydrogen) atoms. The van der Waals surface area contributed by atoms with E-state index in [-0.39, 0.29) is 5.91 Å². The smallest absolute Gasteiger partial charge is 0.217 e. The lowest BCUT2D eigenvalue weighted by Crippen LogP contribution is -2.11. The van der Waals surface area contributed by atoms with Crippen LogP contribution in [0.2, 0.25) is 0 Å². The summed E-state index contributed by atoms with van der Waals surface area (Å²) in [5, 5.41) is 5.47. The first-order valence-corrected chi connectivity index (χ1v) is 6.71. The lowest BCUT2D eigenvalue weighted by atomic mass is 10.1. The Hall–Kier alpha value is -2.76. The highest BCUT2D eigenvalue weighted by Gasteiger charge is 2.09. The summed E-state index contributed by atoms with van der Waals surface area (Å²) in [6, 6.07) is 5.71. The Balaban J connectivity index is 1.89. The minimum absolute atomic E-state index is 0.293. The molecule has 1 amide bonds. The maximum atomic E-state index is 10.7. The van der Waals surface area contributed by atoms with Gasteiger partial charge in [-0.15, -0.1) is 0 Å². The number of carbonyl (C=O) groups excluding carboxylic acids is 1. The van der Waals surface area contributed by atoms with Crippen LogP contribution in [0.15, 0.2) is 41.3 Å².